The topological polar surface area (TPSA) is 12.0 Å². The van der Waals surface area contributed by atoms with Crippen LogP contribution in [0.3, 0.4) is 0 Å². The third-order valence-electron chi connectivity index (χ3n) is 2.34. The van der Waals surface area contributed by atoms with Crippen molar-refractivity contribution in [2.75, 3.05) is 5.32 Å². The lowest BCUT2D eigenvalue weighted by Gasteiger charge is -2.08. The van der Waals surface area contributed by atoms with E-state index in [-0.39, 0.29) is 10.8 Å². The Morgan fingerprint density at radius 3 is 2.71 bits per heavy atom. The second kappa shape index (κ2) is 5.52. The van der Waals surface area contributed by atoms with E-state index >= 15 is 0 Å². The van der Waals surface area contributed by atoms with Gasteiger partial charge in [0.1, 0.15) is 5.82 Å². The molecule has 17 heavy (non-hydrogen) atoms. The number of hydrogen-bond acceptors (Lipinski definition) is 1. The fourth-order valence-electron chi connectivity index (χ4n) is 1.48. The molecule has 0 saturated heterocycles. The lowest BCUT2D eigenvalue weighted by Crippen LogP contribution is -2.01. The van der Waals surface area contributed by atoms with E-state index < -0.39 is 0 Å². The minimum absolute atomic E-state index is 0.151. The molecule has 1 N–H and O–H groups in total. The third kappa shape index (κ3) is 3.20. The Morgan fingerprint density at radius 2 is 1.94 bits per heavy atom. The molecule has 4 heteroatoms. The summed E-state index contributed by atoms with van der Waals surface area (Å²) in [6.45, 7) is 0.406. The van der Waals surface area contributed by atoms with Crippen LogP contribution >= 0.6 is 27.5 Å². The van der Waals surface area contributed by atoms with Gasteiger partial charge in [0.05, 0.1) is 5.02 Å². The molecule has 0 amide bonds. The molecule has 0 aliphatic heterocycles. The minimum Gasteiger partial charge on any atom is -0.381 e. The Morgan fingerprint density at radius 1 is 1.18 bits per heavy atom. The van der Waals surface area contributed by atoms with Crippen molar-refractivity contribution < 1.29 is 4.39 Å². The lowest BCUT2D eigenvalue weighted by atomic mass is 10.2. The largest absolute Gasteiger partial charge is 0.381 e. The van der Waals surface area contributed by atoms with Gasteiger partial charge in [-0.1, -0.05) is 45.7 Å². The van der Waals surface area contributed by atoms with Crippen molar-refractivity contribution in [1.82, 2.24) is 0 Å². The molecule has 88 valence electrons. The molecule has 0 spiro atoms. The van der Waals surface area contributed by atoms with E-state index in [2.05, 4.69) is 21.2 Å². The Balaban J connectivity index is 2.10. The van der Waals surface area contributed by atoms with Gasteiger partial charge in [-0.15, -0.1) is 0 Å². The predicted octanol–water partition coefficient (Wildman–Crippen LogP) is 4.85. The molecule has 0 aromatic heterocycles. The van der Waals surface area contributed by atoms with E-state index in [0.717, 1.165) is 10.2 Å². The summed E-state index contributed by atoms with van der Waals surface area (Å²) in [6.07, 6.45) is 0. The molecule has 1 nitrogen and oxygen atoms in total. The van der Waals surface area contributed by atoms with Gasteiger partial charge in [-0.2, -0.15) is 0 Å². The third-order valence-corrected chi connectivity index (χ3v) is 3.12. The Hall–Kier alpha value is -1.06. The van der Waals surface area contributed by atoms with E-state index in [9.17, 15) is 4.39 Å². The number of anilines is 1. The second-order valence-electron chi connectivity index (χ2n) is 3.58. The van der Waals surface area contributed by atoms with Gasteiger partial charge >= 0.3 is 0 Å². The summed E-state index contributed by atoms with van der Waals surface area (Å²) in [7, 11) is 0. The summed E-state index contributed by atoms with van der Waals surface area (Å²) in [6, 6.07) is 12.7. The van der Waals surface area contributed by atoms with E-state index in [1.54, 1.807) is 18.2 Å². The number of halogens is 3. The molecule has 0 saturated carbocycles. The monoisotopic (exact) mass is 313 g/mol. The maximum absolute atomic E-state index is 13.6. The number of nitrogens with one attached hydrogen (secondary N) is 1. The van der Waals surface area contributed by atoms with Gasteiger partial charge in [0.25, 0.3) is 0 Å². The molecule has 0 aliphatic rings. The molecule has 0 aliphatic carbocycles. The Labute approximate surface area is 113 Å². The van der Waals surface area contributed by atoms with Crippen LogP contribution in [0.15, 0.2) is 46.9 Å². The van der Waals surface area contributed by atoms with Crippen molar-refractivity contribution >= 4 is 33.2 Å². The number of rotatable bonds is 3. The molecule has 0 atom stereocenters. The molecule has 0 bridgehead atoms. The molecule has 0 unspecified atom stereocenters. The SMILES string of the molecule is Fc1c(Cl)cccc1CNc1cccc(Br)c1. The highest BCUT2D eigenvalue weighted by molar-refractivity contribution is 9.10. The van der Waals surface area contributed by atoms with Crippen LogP contribution in [-0.4, -0.2) is 0 Å². The highest BCUT2D eigenvalue weighted by Gasteiger charge is 2.05. The van der Waals surface area contributed by atoms with Crippen LogP contribution in [0.25, 0.3) is 0 Å². The van der Waals surface area contributed by atoms with Crippen molar-refractivity contribution in [2.45, 2.75) is 6.54 Å². The Bertz CT molecular complexity index is 531. The number of hydrogen-bond donors (Lipinski definition) is 1. The van der Waals surface area contributed by atoms with E-state index in [0.29, 0.717) is 12.1 Å². The second-order valence-corrected chi connectivity index (χ2v) is 4.90. The van der Waals surface area contributed by atoms with Crippen molar-refractivity contribution in [1.29, 1.82) is 0 Å². The normalized spacial score (nSPS) is 10.3. The van der Waals surface area contributed by atoms with Crippen LogP contribution in [-0.2, 0) is 6.54 Å². The average Bonchev–Trinajstić information content (AvgIpc) is 2.31. The molecule has 0 radical (unpaired) electrons. The maximum Gasteiger partial charge on any atom is 0.146 e. The standard InChI is InChI=1S/C13H10BrClFN/c14-10-4-2-5-11(7-10)17-8-9-3-1-6-12(15)13(9)16/h1-7,17H,8H2. The summed E-state index contributed by atoms with van der Waals surface area (Å²) in [5.41, 5.74) is 1.48. The van der Waals surface area contributed by atoms with Gasteiger partial charge in [-0.3, -0.25) is 0 Å². The van der Waals surface area contributed by atoms with Crippen molar-refractivity contribution in [3.63, 3.8) is 0 Å². The average molecular weight is 315 g/mol. The lowest BCUT2D eigenvalue weighted by molar-refractivity contribution is 0.613. The first-order valence-corrected chi connectivity index (χ1v) is 6.26. The zero-order valence-electron chi connectivity index (χ0n) is 8.88. The summed E-state index contributed by atoms with van der Waals surface area (Å²) in [4.78, 5) is 0. The molecular weight excluding hydrogens is 305 g/mol. The highest BCUT2D eigenvalue weighted by atomic mass is 79.9. The molecular formula is C13H10BrClFN. The first-order valence-electron chi connectivity index (χ1n) is 5.09. The van der Waals surface area contributed by atoms with Crippen molar-refractivity contribution in [3.05, 3.63) is 63.3 Å². The first kappa shape index (κ1) is 12.4. The summed E-state index contributed by atoms with van der Waals surface area (Å²) in [5, 5.41) is 3.29. The predicted molar refractivity (Wildman–Crippen MR) is 72.9 cm³/mol. The quantitative estimate of drug-likeness (QED) is 0.853. The Kier molecular flexibility index (Phi) is 4.02. The van der Waals surface area contributed by atoms with Crippen LogP contribution in [0, 0.1) is 5.82 Å². The van der Waals surface area contributed by atoms with Crippen LogP contribution in [0.1, 0.15) is 5.56 Å². The van der Waals surface area contributed by atoms with Crippen LogP contribution < -0.4 is 5.32 Å². The van der Waals surface area contributed by atoms with E-state index in [1.165, 1.54) is 0 Å². The summed E-state index contributed by atoms with van der Waals surface area (Å²) in [5.74, 6) is -0.364. The van der Waals surface area contributed by atoms with E-state index in [4.69, 9.17) is 11.6 Å². The van der Waals surface area contributed by atoms with Crippen LogP contribution in [0.2, 0.25) is 5.02 Å². The molecule has 2 aromatic rings. The fraction of sp³-hybridized carbons (Fsp3) is 0.0769. The van der Waals surface area contributed by atoms with Crippen LogP contribution in [0.4, 0.5) is 10.1 Å². The smallest absolute Gasteiger partial charge is 0.146 e. The maximum atomic E-state index is 13.6. The van der Waals surface area contributed by atoms with Gasteiger partial charge in [-0.05, 0) is 24.3 Å². The summed E-state index contributed by atoms with van der Waals surface area (Å²) < 4.78 is 14.6. The molecule has 0 fully saturated rings. The zero-order valence-corrected chi connectivity index (χ0v) is 11.2. The van der Waals surface area contributed by atoms with Gasteiger partial charge < -0.3 is 5.32 Å². The zero-order chi connectivity index (χ0) is 12.3. The highest BCUT2D eigenvalue weighted by Crippen LogP contribution is 2.20. The van der Waals surface area contributed by atoms with Gasteiger partial charge in [0.15, 0.2) is 0 Å². The number of benzene rings is 2. The molecule has 2 aromatic carbocycles. The fourth-order valence-corrected chi connectivity index (χ4v) is 2.07. The van der Waals surface area contributed by atoms with Crippen LogP contribution in [0.5, 0.6) is 0 Å². The van der Waals surface area contributed by atoms with Crippen molar-refractivity contribution in [2.24, 2.45) is 0 Å². The minimum atomic E-state index is -0.364. The summed E-state index contributed by atoms with van der Waals surface area (Å²) >= 11 is 9.09. The van der Waals surface area contributed by atoms with Crippen molar-refractivity contribution in [3.8, 4) is 0 Å². The molecule has 0 heterocycles. The van der Waals surface area contributed by atoms with E-state index in [1.807, 2.05) is 24.3 Å². The van der Waals surface area contributed by atoms with Gasteiger partial charge in [0, 0.05) is 22.3 Å². The molecule has 2 rings (SSSR count). The first-order chi connectivity index (χ1) is 8.16. The van der Waals surface area contributed by atoms with Gasteiger partial charge in [0.2, 0.25) is 0 Å². The van der Waals surface area contributed by atoms with Gasteiger partial charge in [-0.25, -0.2) is 4.39 Å².